The third-order valence-corrected chi connectivity index (χ3v) is 3.83. The van der Waals surface area contributed by atoms with Crippen LogP contribution in [-0.4, -0.2) is 17.3 Å². The third-order valence-electron chi connectivity index (χ3n) is 1.76. The molecule has 0 unspecified atom stereocenters. The molecule has 1 rings (SSSR count). The van der Waals surface area contributed by atoms with Crippen LogP contribution in [0.15, 0.2) is 29.2 Å². The zero-order chi connectivity index (χ0) is 10.2. The summed E-state index contributed by atoms with van der Waals surface area (Å²) in [5, 5.41) is 0. The Kier molecular flexibility index (Phi) is 5.96. The van der Waals surface area contributed by atoms with Crippen LogP contribution in [0.1, 0.15) is 13.3 Å². The van der Waals surface area contributed by atoms with E-state index >= 15 is 0 Å². The van der Waals surface area contributed by atoms with Gasteiger partial charge in [0, 0.05) is 10.6 Å². The predicted molar refractivity (Wildman–Crippen MR) is 69.2 cm³/mol. The Labute approximate surface area is 94.8 Å². The lowest BCUT2D eigenvalue weighted by atomic mass is 10.3. The Hall–Kier alpha value is -0.280. The average molecular weight is 227 g/mol. The van der Waals surface area contributed by atoms with Gasteiger partial charge in [-0.3, -0.25) is 0 Å². The van der Waals surface area contributed by atoms with Gasteiger partial charge < -0.3 is 5.73 Å². The van der Waals surface area contributed by atoms with Gasteiger partial charge in [0.2, 0.25) is 0 Å². The lowest BCUT2D eigenvalue weighted by Crippen LogP contribution is -1.86. The number of thioether (sulfide) groups is 2. The molecule has 1 nitrogen and oxygen atoms in total. The van der Waals surface area contributed by atoms with Crippen LogP contribution < -0.4 is 5.73 Å². The smallest absolute Gasteiger partial charge is 0.0325 e. The van der Waals surface area contributed by atoms with Gasteiger partial charge in [-0.15, -0.1) is 11.8 Å². The highest BCUT2D eigenvalue weighted by Crippen LogP contribution is 2.21. The lowest BCUT2D eigenvalue weighted by molar-refractivity contribution is 1.12. The Bertz CT molecular complexity index is 263. The molecule has 1 aromatic rings. The molecule has 0 heterocycles. The molecule has 0 saturated heterocycles. The number of nitrogen functional groups attached to an aromatic ring is 1. The molecule has 0 radical (unpaired) electrons. The fourth-order valence-corrected chi connectivity index (χ4v) is 2.84. The predicted octanol–water partition coefficient (Wildman–Crippen LogP) is 3.50. The third kappa shape index (κ3) is 4.82. The monoisotopic (exact) mass is 227 g/mol. The summed E-state index contributed by atoms with van der Waals surface area (Å²) < 4.78 is 0. The lowest BCUT2D eigenvalue weighted by Gasteiger charge is -2.02. The SMILES string of the molecule is CCSCCCSc1cccc(N)c1. The molecule has 0 spiro atoms. The molecule has 1 aromatic carbocycles. The van der Waals surface area contributed by atoms with Gasteiger partial charge in [-0.05, 0) is 41.9 Å². The first-order valence-corrected chi connectivity index (χ1v) is 7.03. The molecule has 0 atom stereocenters. The molecule has 0 amide bonds. The van der Waals surface area contributed by atoms with Crippen molar-refractivity contribution in [1.29, 1.82) is 0 Å². The second-order valence-electron chi connectivity index (χ2n) is 2.97. The molecule has 14 heavy (non-hydrogen) atoms. The summed E-state index contributed by atoms with van der Waals surface area (Å²) in [6.07, 6.45) is 1.28. The standard InChI is InChI=1S/C11H17NS2/c1-2-13-7-4-8-14-11-6-3-5-10(12)9-11/h3,5-6,9H,2,4,7-8,12H2,1H3. The van der Waals surface area contributed by atoms with E-state index in [2.05, 4.69) is 13.0 Å². The van der Waals surface area contributed by atoms with Gasteiger partial charge in [-0.1, -0.05) is 13.0 Å². The van der Waals surface area contributed by atoms with Crippen LogP contribution in [0.5, 0.6) is 0 Å². The van der Waals surface area contributed by atoms with E-state index in [-0.39, 0.29) is 0 Å². The topological polar surface area (TPSA) is 26.0 Å². The number of nitrogens with two attached hydrogens (primary N) is 1. The molecular weight excluding hydrogens is 210 g/mol. The van der Waals surface area contributed by atoms with Crippen LogP contribution in [0, 0.1) is 0 Å². The maximum absolute atomic E-state index is 5.69. The molecule has 0 aliphatic rings. The Balaban J connectivity index is 2.18. The van der Waals surface area contributed by atoms with Crippen molar-refractivity contribution in [1.82, 2.24) is 0 Å². The van der Waals surface area contributed by atoms with Crippen molar-refractivity contribution in [3.63, 3.8) is 0 Å². The van der Waals surface area contributed by atoms with E-state index in [1.54, 1.807) is 0 Å². The second kappa shape index (κ2) is 7.07. The van der Waals surface area contributed by atoms with E-state index in [0.29, 0.717) is 0 Å². The average Bonchev–Trinajstić information content (AvgIpc) is 2.18. The number of hydrogen-bond donors (Lipinski definition) is 1. The van der Waals surface area contributed by atoms with Gasteiger partial charge in [0.1, 0.15) is 0 Å². The summed E-state index contributed by atoms with van der Waals surface area (Å²) in [6, 6.07) is 8.10. The van der Waals surface area contributed by atoms with Crippen molar-refractivity contribution in [2.24, 2.45) is 0 Å². The van der Waals surface area contributed by atoms with Crippen LogP contribution in [0.4, 0.5) is 5.69 Å². The summed E-state index contributed by atoms with van der Waals surface area (Å²) in [5.74, 6) is 3.69. The summed E-state index contributed by atoms with van der Waals surface area (Å²) in [4.78, 5) is 1.28. The van der Waals surface area contributed by atoms with E-state index in [0.717, 1.165) is 5.69 Å². The Morgan fingerprint density at radius 2 is 2.14 bits per heavy atom. The Morgan fingerprint density at radius 3 is 2.86 bits per heavy atom. The largest absolute Gasteiger partial charge is 0.399 e. The highest BCUT2D eigenvalue weighted by Gasteiger charge is 1.94. The molecular formula is C11H17NS2. The van der Waals surface area contributed by atoms with Gasteiger partial charge >= 0.3 is 0 Å². The summed E-state index contributed by atoms with van der Waals surface area (Å²) >= 11 is 3.90. The molecule has 2 N–H and O–H groups in total. The zero-order valence-electron chi connectivity index (χ0n) is 8.53. The van der Waals surface area contributed by atoms with Crippen LogP contribution in [0.3, 0.4) is 0 Å². The maximum Gasteiger partial charge on any atom is 0.0325 e. The van der Waals surface area contributed by atoms with Gasteiger partial charge in [-0.2, -0.15) is 11.8 Å². The Morgan fingerprint density at radius 1 is 1.29 bits per heavy atom. The van der Waals surface area contributed by atoms with Crippen molar-refractivity contribution in [2.75, 3.05) is 23.0 Å². The van der Waals surface area contributed by atoms with Crippen molar-refractivity contribution in [3.05, 3.63) is 24.3 Å². The number of hydrogen-bond acceptors (Lipinski definition) is 3. The van der Waals surface area contributed by atoms with Crippen molar-refractivity contribution < 1.29 is 0 Å². The van der Waals surface area contributed by atoms with E-state index in [1.165, 1.54) is 28.6 Å². The zero-order valence-corrected chi connectivity index (χ0v) is 10.2. The first-order chi connectivity index (χ1) is 6.83. The summed E-state index contributed by atoms with van der Waals surface area (Å²) in [6.45, 7) is 2.20. The van der Waals surface area contributed by atoms with E-state index in [4.69, 9.17) is 5.73 Å². The maximum atomic E-state index is 5.69. The number of benzene rings is 1. The van der Waals surface area contributed by atoms with Crippen LogP contribution in [0.2, 0.25) is 0 Å². The second-order valence-corrected chi connectivity index (χ2v) is 5.53. The van der Waals surface area contributed by atoms with Crippen molar-refractivity contribution in [2.45, 2.75) is 18.2 Å². The van der Waals surface area contributed by atoms with Crippen LogP contribution in [-0.2, 0) is 0 Å². The molecule has 78 valence electrons. The first kappa shape index (κ1) is 11.8. The minimum absolute atomic E-state index is 0.859. The summed E-state index contributed by atoms with van der Waals surface area (Å²) in [5.41, 5.74) is 6.55. The minimum Gasteiger partial charge on any atom is -0.399 e. The fourth-order valence-electron chi connectivity index (χ4n) is 1.10. The van der Waals surface area contributed by atoms with Crippen molar-refractivity contribution in [3.8, 4) is 0 Å². The quantitative estimate of drug-likeness (QED) is 0.457. The molecule has 0 bridgehead atoms. The minimum atomic E-state index is 0.859. The highest BCUT2D eigenvalue weighted by atomic mass is 32.2. The first-order valence-electron chi connectivity index (χ1n) is 4.89. The van der Waals surface area contributed by atoms with E-state index in [9.17, 15) is 0 Å². The van der Waals surface area contributed by atoms with Gasteiger partial charge in [0.05, 0.1) is 0 Å². The number of anilines is 1. The van der Waals surface area contributed by atoms with Gasteiger partial charge in [-0.25, -0.2) is 0 Å². The van der Waals surface area contributed by atoms with Crippen LogP contribution in [0.25, 0.3) is 0 Å². The molecule has 3 heteroatoms. The summed E-state index contributed by atoms with van der Waals surface area (Å²) in [7, 11) is 0. The fraction of sp³-hybridized carbons (Fsp3) is 0.455. The molecule has 0 aliphatic carbocycles. The van der Waals surface area contributed by atoms with Gasteiger partial charge in [0.25, 0.3) is 0 Å². The van der Waals surface area contributed by atoms with Crippen LogP contribution >= 0.6 is 23.5 Å². The molecule has 0 fully saturated rings. The highest BCUT2D eigenvalue weighted by molar-refractivity contribution is 8.00. The molecule has 0 saturated carbocycles. The van der Waals surface area contributed by atoms with E-state index < -0.39 is 0 Å². The normalized spacial score (nSPS) is 10.4. The molecule has 0 aliphatic heterocycles. The molecule has 0 aromatic heterocycles. The van der Waals surface area contributed by atoms with Gasteiger partial charge in [0.15, 0.2) is 0 Å². The number of rotatable bonds is 6. The van der Waals surface area contributed by atoms with E-state index in [1.807, 2.05) is 41.7 Å². The van der Waals surface area contributed by atoms with Crippen molar-refractivity contribution >= 4 is 29.2 Å².